The van der Waals surface area contributed by atoms with Gasteiger partial charge in [0.1, 0.15) is 0 Å². The monoisotopic (exact) mass is 262 g/mol. The summed E-state index contributed by atoms with van der Waals surface area (Å²) in [6.07, 6.45) is 1.76. The van der Waals surface area contributed by atoms with Crippen molar-refractivity contribution in [1.82, 2.24) is 4.90 Å². The topological polar surface area (TPSA) is 66.6 Å². The summed E-state index contributed by atoms with van der Waals surface area (Å²) in [4.78, 5) is 14.5. The molecule has 0 unspecified atom stereocenters. The van der Waals surface area contributed by atoms with Crippen LogP contribution in [0.4, 0.5) is 5.69 Å². The summed E-state index contributed by atoms with van der Waals surface area (Å²) in [5.74, 6) is 0.126. The van der Waals surface area contributed by atoms with E-state index in [0.29, 0.717) is 12.2 Å². The van der Waals surface area contributed by atoms with Crippen LogP contribution in [0.1, 0.15) is 32.3 Å². The standard InChI is InChI=1S/C15H22N2O2/c1-11(2)17(9-10-18)14(19)15(7-8-15)12-3-5-13(16)6-4-12/h3-6,11,18H,7-10,16H2,1-2H3. The number of nitrogens with two attached hydrogens (primary N) is 1. The van der Waals surface area contributed by atoms with Crippen molar-refractivity contribution in [1.29, 1.82) is 0 Å². The molecule has 0 atom stereocenters. The first-order valence-electron chi connectivity index (χ1n) is 6.79. The van der Waals surface area contributed by atoms with Crippen LogP contribution in [0.15, 0.2) is 24.3 Å². The molecule has 0 heterocycles. The van der Waals surface area contributed by atoms with Crippen LogP contribution >= 0.6 is 0 Å². The number of hydrogen-bond acceptors (Lipinski definition) is 3. The van der Waals surface area contributed by atoms with Gasteiger partial charge in [-0.2, -0.15) is 0 Å². The molecule has 1 fully saturated rings. The molecule has 1 aliphatic carbocycles. The van der Waals surface area contributed by atoms with Gasteiger partial charge in [0.25, 0.3) is 0 Å². The minimum absolute atomic E-state index is 0.00172. The van der Waals surface area contributed by atoms with Gasteiger partial charge in [-0.1, -0.05) is 12.1 Å². The van der Waals surface area contributed by atoms with E-state index in [1.165, 1.54) is 0 Å². The molecule has 1 amide bonds. The zero-order chi connectivity index (χ0) is 14.0. The Balaban J connectivity index is 2.24. The van der Waals surface area contributed by atoms with Gasteiger partial charge in [-0.05, 0) is 44.4 Å². The maximum absolute atomic E-state index is 12.7. The lowest BCUT2D eigenvalue weighted by molar-refractivity contribution is -0.136. The second kappa shape index (κ2) is 5.21. The lowest BCUT2D eigenvalue weighted by atomic mass is 9.93. The third-order valence-corrected chi connectivity index (χ3v) is 3.85. The summed E-state index contributed by atoms with van der Waals surface area (Å²) in [5, 5.41) is 9.12. The van der Waals surface area contributed by atoms with Crippen LogP contribution in [-0.2, 0) is 10.2 Å². The zero-order valence-corrected chi connectivity index (χ0v) is 11.6. The third-order valence-electron chi connectivity index (χ3n) is 3.85. The molecular weight excluding hydrogens is 240 g/mol. The fraction of sp³-hybridized carbons (Fsp3) is 0.533. The van der Waals surface area contributed by atoms with Crippen molar-refractivity contribution in [2.45, 2.75) is 38.1 Å². The highest BCUT2D eigenvalue weighted by Crippen LogP contribution is 2.49. The Morgan fingerprint density at radius 1 is 1.37 bits per heavy atom. The average molecular weight is 262 g/mol. The largest absolute Gasteiger partial charge is 0.399 e. The van der Waals surface area contributed by atoms with Gasteiger partial charge >= 0.3 is 0 Å². The number of amides is 1. The van der Waals surface area contributed by atoms with Crippen LogP contribution in [0.25, 0.3) is 0 Å². The summed E-state index contributed by atoms with van der Waals surface area (Å²) in [6.45, 7) is 4.36. The van der Waals surface area contributed by atoms with Crippen molar-refractivity contribution in [3.05, 3.63) is 29.8 Å². The summed E-state index contributed by atoms with van der Waals surface area (Å²) >= 11 is 0. The van der Waals surface area contributed by atoms with E-state index in [9.17, 15) is 4.79 Å². The molecular formula is C15H22N2O2. The van der Waals surface area contributed by atoms with Gasteiger partial charge in [-0.3, -0.25) is 4.79 Å². The van der Waals surface area contributed by atoms with Crippen molar-refractivity contribution in [3.63, 3.8) is 0 Å². The molecule has 2 rings (SSSR count). The summed E-state index contributed by atoms with van der Waals surface area (Å²) in [5.41, 5.74) is 7.06. The zero-order valence-electron chi connectivity index (χ0n) is 11.6. The first-order valence-corrected chi connectivity index (χ1v) is 6.79. The molecule has 0 aliphatic heterocycles. The van der Waals surface area contributed by atoms with Crippen molar-refractivity contribution in [3.8, 4) is 0 Å². The Kier molecular flexibility index (Phi) is 3.80. The Hall–Kier alpha value is -1.55. The maximum atomic E-state index is 12.7. The fourth-order valence-electron chi connectivity index (χ4n) is 2.53. The second-order valence-electron chi connectivity index (χ2n) is 5.52. The Bertz CT molecular complexity index is 450. The van der Waals surface area contributed by atoms with E-state index in [0.717, 1.165) is 18.4 Å². The minimum atomic E-state index is -0.382. The highest BCUT2D eigenvalue weighted by Gasteiger charge is 2.53. The van der Waals surface area contributed by atoms with Crippen LogP contribution < -0.4 is 5.73 Å². The normalized spacial score (nSPS) is 16.4. The Labute approximate surface area is 114 Å². The summed E-state index contributed by atoms with van der Waals surface area (Å²) in [7, 11) is 0. The lowest BCUT2D eigenvalue weighted by Crippen LogP contribution is -2.44. The number of aliphatic hydroxyl groups is 1. The number of hydrogen-bond donors (Lipinski definition) is 2. The molecule has 4 heteroatoms. The molecule has 0 aromatic heterocycles. The summed E-state index contributed by atoms with van der Waals surface area (Å²) < 4.78 is 0. The van der Waals surface area contributed by atoms with E-state index in [2.05, 4.69) is 0 Å². The first kappa shape index (κ1) is 13.9. The number of anilines is 1. The van der Waals surface area contributed by atoms with Gasteiger partial charge in [-0.15, -0.1) is 0 Å². The minimum Gasteiger partial charge on any atom is -0.399 e. The quantitative estimate of drug-likeness (QED) is 0.791. The van der Waals surface area contributed by atoms with Crippen molar-refractivity contribution >= 4 is 11.6 Å². The van der Waals surface area contributed by atoms with E-state index < -0.39 is 0 Å². The molecule has 1 aliphatic rings. The number of nitrogens with zero attached hydrogens (tertiary/aromatic N) is 1. The highest BCUT2D eigenvalue weighted by molar-refractivity contribution is 5.91. The number of carbonyl (C=O) groups is 1. The van der Waals surface area contributed by atoms with E-state index in [4.69, 9.17) is 10.8 Å². The van der Waals surface area contributed by atoms with Gasteiger partial charge in [-0.25, -0.2) is 0 Å². The Morgan fingerprint density at radius 3 is 2.37 bits per heavy atom. The number of rotatable bonds is 5. The van der Waals surface area contributed by atoms with Gasteiger partial charge in [0.05, 0.1) is 12.0 Å². The molecule has 3 N–H and O–H groups in total. The second-order valence-corrected chi connectivity index (χ2v) is 5.52. The van der Waals surface area contributed by atoms with E-state index in [1.807, 2.05) is 38.1 Å². The van der Waals surface area contributed by atoms with Gasteiger partial charge in [0, 0.05) is 18.3 Å². The molecule has 1 saturated carbocycles. The Morgan fingerprint density at radius 2 is 1.95 bits per heavy atom. The van der Waals surface area contributed by atoms with Crippen LogP contribution in [0.5, 0.6) is 0 Å². The van der Waals surface area contributed by atoms with Gasteiger partial charge < -0.3 is 15.7 Å². The molecule has 4 nitrogen and oxygen atoms in total. The molecule has 19 heavy (non-hydrogen) atoms. The van der Waals surface area contributed by atoms with Crippen LogP contribution in [-0.4, -0.2) is 35.1 Å². The van der Waals surface area contributed by atoms with E-state index >= 15 is 0 Å². The summed E-state index contributed by atoms with van der Waals surface area (Å²) in [6, 6.07) is 7.67. The number of aliphatic hydroxyl groups excluding tert-OH is 1. The molecule has 0 bridgehead atoms. The molecule has 0 radical (unpaired) electrons. The predicted octanol–water partition coefficient (Wildman–Crippen LogP) is 1.53. The number of benzene rings is 1. The van der Waals surface area contributed by atoms with Crippen molar-refractivity contribution < 1.29 is 9.90 Å². The van der Waals surface area contributed by atoms with Gasteiger partial charge in [0.2, 0.25) is 5.91 Å². The van der Waals surface area contributed by atoms with Crippen molar-refractivity contribution in [2.24, 2.45) is 0 Å². The molecule has 1 aromatic carbocycles. The first-order chi connectivity index (χ1) is 9.01. The molecule has 0 spiro atoms. The fourth-order valence-corrected chi connectivity index (χ4v) is 2.53. The molecule has 1 aromatic rings. The average Bonchev–Trinajstić information content (AvgIpc) is 3.17. The van der Waals surface area contributed by atoms with E-state index in [-0.39, 0.29) is 24.0 Å². The van der Waals surface area contributed by atoms with Crippen LogP contribution in [0, 0.1) is 0 Å². The van der Waals surface area contributed by atoms with E-state index in [1.54, 1.807) is 4.90 Å². The van der Waals surface area contributed by atoms with Crippen LogP contribution in [0.3, 0.4) is 0 Å². The molecule has 104 valence electrons. The number of carbonyl (C=O) groups excluding carboxylic acids is 1. The lowest BCUT2D eigenvalue weighted by Gasteiger charge is -2.30. The molecule has 0 saturated heterocycles. The smallest absolute Gasteiger partial charge is 0.233 e. The van der Waals surface area contributed by atoms with Gasteiger partial charge in [0.15, 0.2) is 0 Å². The third kappa shape index (κ3) is 2.59. The maximum Gasteiger partial charge on any atom is 0.233 e. The highest BCUT2D eigenvalue weighted by atomic mass is 16.3. The van der Waals surface area contributed by atoms with Crippen molar-refractivity contribution in [2.75, 3.05) is 18.9 Å². The predicted molar refractivity (Wildman–Crippen MR) is 75.7 cm³/mol. The van der Waals surface area contributed by atoms with Crippen LogP contribution in [0.2, 0.25) is 0 Å². The number of nitrogen functional groups attached to an aromatic ring is 1. The SMILES string of the molecule is CC(C)N(CCO)C(=O)C1(c2ccc(N)cc2)CC1.